The maximum Gasteiger partial charge on any atom is 0.0924 e. The van der Waals surface area contributed by atoms with Crippen molar-refractivity contribution in [2.75, 3.05) is 6.54 Å². The molecule has 0 aliphatic rings. The molecule has 0 fully saturated rings. The maximum absolute atomic E-state index is 9.90. The third-order valence-electron chi connectivity index (χ3n) is 1.91. The SMILES string of the molecule is C[C@@](O)(CN=[N+]=[N-])c1ccc(Cl)cc1. The first-order valence-electron chi connectivity index (χ1n) is 4.05. The van der Waals surface area contributed by atoms with Gasteiger partial charge >= 0.3 is 0 Å². The predicted octanol–water partition coefficient (Wildman–Crippen LogP) is 2.86. The molecule has 1 N–H and O–H groups in total. The summed E-state index contributed by atoms with van der Waals surface area (Å²) >= 11 is 5.70. The smallest absolute Gasteiger partial charge is 0.0924 e. The van der Waals surface area contributed by atoms with E-state index in [1.165, 1.54) is 0 Å². The van der Waals surface area contributed by atoms with Crippen molar-refractivity contribution >= 4 is 11.6 Å². The van der Waals surface area contributed by atoms with Crippen molar-refractivity contribution in [2.45, 2.75) is 12.5 Å². The van der Waals surface area contributed by atoms with Gasteiger partial charge in [0.1, 0.15) is 0 Å². The first kappa shape index (κ1) is 10.9. The highest BCUT2D eigenvalue weighted by atomic mass is 35.5. The molecule has 0 saturated heterocycles. The Bertz CT molecular complexity index is 355. The van der Waals surface area contributed by atoms with Crippen LogP contribution in [-0.2, 0) is 5.60 Å². The molecule has 0 unspecified atom stereocenters. The summed E-state index contributed by atoms with van der Waals surface area (Å²) in [4.78, 5) is 2.60. The Morgan fingerprint density at radius 3 is 2.57 bits per heavy atom. The third kappa shape index (κ3) is 2.64. The fraction of sp³-hybridized carbons (Fsp3) is 0.333. The van der Waals surface area contributed by atoms with Gasteiger partial charge in [-0.15, -0.1) is 0 Å². The number of hydrogen-bond donors (Lipinski definition) is 1. The minimum Gasteiger partial charge on any atom is -0.385 e. The molecular weight excluding hydrogens is 202 g/mol. The topological polar surface area (TPSA) is 69.0 Å². The van der Waals surface area contributed by atoms with Gasteiger partial charge in [-0.3, -0.25) is 0 Å². The summed E-state index contributed by atoms with van der Waals surface area (Å²) in [6, 6.07) is 6.77. The van der Waals surface area contributed by atoms with Crippen LogP contribution >= 0.6 is 11.6 Å². The lowest BCUT2D eigenvalue weighted by Gasteiger charge is -2.21. The maximum atomic E-state index is 9.90. The van der Waals surface area contributed by atoms with Crippen LogP contribution in [0, 0.1) is 0 Å². The van der Waals surface area contributed by atoms with Crippen LogP contribution in [0.3, 0.4) is 0 Å². The third-order valence-corrected chi connectivity index (χ3v) is 2.16. The number of nitrogens with zero attached hydrogens (tertiary/aromatic N) is 3. The zero-order valence-corrected chi connectivity index (χ0v) is 8.44. The molecule has 74 valence electrons. The summed E-state index contributed by atoms with van der Waals surface area (Å²) in [6.45, 7) is 1.59. The van der Waals surface area contributed by atoms with E-state index in [4.69, 9.17) is 17.1 Å². The number of hydrogen-bond acceptors (Lipinski definition) is 2. The van der Waals surface area contributed by atoms with Gasteiger partial charge in [0, 0.05) is 9.93 Å². The molecule has 0 heterocycles. The van der Waals surface area contributed by atoms with E-state index in [0.29, 0.717) is 10.6 Å². The van der Waals surface area contributed by atoms with Crippen molar-refractivity contribution in [1.82, 2.24) is 0 Å². The van der Waals surface area contributed by atoms with Crippen molar-refractivity contribution in [3.63, 3.8) is 0 Å². The minimum atomic E-state index is -1.14. The molecule has 1 aromatic rings. The second-order valence-corrected chi connectivity index (χ2v) is 3.61. The second kappa shape index (κ2) is 4.33. The summed E-state index contributed by atoms with van der Waals surface area (Å²) < 4.78 is 0. The number of benzene rings is 1. The van der Waals surface area contributed by atoms with Crippen LogP contribution < -0.4 is 0 Å². The van der Waals surface area contributed by atoms with Crippen LogP contribution in [0.5, 0.6) is 0 Å². The minimum absolute atomic E-state index is 0.00509. The van der Waals surface area contributed by atoms with E-state index in [-0.39, 0.29) is 6.54 Å². The summed E-state index contributed by atoms with van der Waals surface area (Å²) in [5.41, 5.74) is 7.68. The number of aliphatic hydroxyl groups is 1. The fourth-order valence-electron chi connectivity index (χ4n) is 1.07. The van der Waals surface area contributed by atoms with Crippen LogP contribution in [0.1, 0.15) is 12.5 Å². The molecule has 0 aliphatic carbocycles. The standard InChI is InChI=1S/C9H10ClN3O/c1-9(14,6-12-13-11)7-2-4-8(10)5-3-7/h2-5,14H,6H2,1H3/t9-/m1/s1. The predicted molar refractivity (Wildman–Crippen MR) is 55.0 cm³/mol. The summed E-state index contributed by atoms with van der Waals surface area (Å²) in [7, 11) is 0. The van der Waals surface area contributed by atoms with Crippen molar-refractivity contribution in [3.8, 4) is 0 Å². The van der Waals surface area contributed by atoms with Gasteiger partial charge in [-0.2, -0.15) is 0 Å². The Morgan fingerprint density at radius 2 is 2.07 bits per heavy atom. The van der Waals surface area contributed by atoms with Crippen molar-refractivity contribution in [2.24, 2.45) is 5.11 Å². The molecule has 0 bridgehead atoms. The number of azide groups is 1. The summed E-state index contributed by atoms with van der Waals surface area (Å²) in [6.07, 6.45) is 0. The molecule has 1 rings (SSSR count). The highest BCUT2D eigenvalue weighted by Crippen LogP contribution is 2.22. The molecule has 0 saturated carbocycles. The van der Waals surface area contributed by atoms with Gasteiger partial charge in [-0.25, -0.2) is 0 Å². The molecule has 14 heavy (non-hydrogen) atoms. The van der Waals surface area contributed by atoms with Crippen molar-refractivity contribution < 1.29 is 5.11 Å². The lowest BCUT2D eigenvalue weighted by Crippen LogP contribution is -2.24. The van der Waals surface area contributed by atoms with E-state index >= 15 is 0 Å². The van der Waals surface area contributed by atoms with Gasteiger partial charge in [0.15, 0.2) is 0 Å². The van der Waals surface area contributed by atoms with E-state index in [1.54, 1.807) is 31.2 Å². The molecular formula is C9H10ClN3O. The largest absolute Gasteiger partial charge is 0.385 e. The van der Waals surface area contributed by atoms with E-state index < -0.39 is 5.60 Å². The van der Waals surface area contributed by atoms with E-state index in [0.717, 1.165) is 0 Å². The zero-order chi connectivity index (χ0) is 10.6. The van der Waals surface area contributed by atoms with Crippen molar-refractivity contribution in [1.29, 1.82) is 0 Å². The molecule has 0 radical (unpaired) electrons. The summed E-state index contributed by atoms with van der Waals surface area (Å²) in [5.74, 6) is 0. The van der Waals surface area contributed by atoms with Crippen LogP contribution in [0.4, 0.5) is 0 Å². The second-order valence-electron chi connectivity index (χ2n) is 3.17. The Labute approximate surface area is 86.8 Å². The van der Waals surface area contributed by atoms with Crippen LogP contribution in [0.15, 0.2) is 29.4 Å². The van der Waals surface area contributed by atoms with Crippen LogP contribution in [0.2, 0.25) is 5.02 Å². The normalized spacial score (nSPS) is 14.2. The van der Waals surface area contributed by atoms with Crippen LogP contribution in [-0.4, -0.2) is 11.7 Å². The first-order chi connectivity index (χ1) is 6.56. The molecule has 0 aromatic heterocycles. The van der Waals surface area contributed by atoms with E-state index in [2.05, 4.69) is 10.0 Å². The number of halogens is 1. The zero-order valence-electron chi connectivity index (χ0n) is 7.68. The molecule has 0 aliphatic heterocycles. The monoisotopic (exact) mass is 211 g/mol. The molecule has 0 spiro atoms. The van der Waals surface area contributed by atoms with Gasteiger partial charge in [0.05, 0.1) is 12.1 Å². The lowest BCUT2D eigenvalue weighted by molar-refractivity contribution is 0.0669. The van der Waals surface area contributed by atoms with Crippen LogP contribution in [0.25, 0.3) is 10.4 Å². The van der Waals surface area contributed by atoms with Gasteiger partial charge in [-0.1, -0.05) is 28.8 Å². The Kier molecular flexibility index (Phi) is 3.36. The lowest BCUT2D eigenvalue weighted by atomic mass is 9.96. The highest BCUT2D eigenvalue weighted by molar-refractivity contribution is 6.30. The van der Waals surface area contributed by atoms with E-state index in [9.17, 15) is 5.11 Å². The first-order valence-corrected chi connectivity index (χ1v) is 4.43. The fourth-order valence-corrected chi connectivity index (χ4v) is 1.20. The van der Waals surface area contributed by atoms with Crippen molar-refractivity contribution in [3.05, 3.63) is 45.3 Å². The average Bonchev–Trinajstić information content (AvgIpc) is 2.16. The summed E-state index contributed by atoms with van der Waals surface area (Å²) in [5, 5.41) is 13.8. The Balaban J connectivity index is 2.91. The van der Waals surface area contributed by atoms with E-state index in [1.807, 2.05) is 0 Å². The molecule has 1 aromatic carbocycles. The van der Waals surface area contributed by atoms with Gasteiger partial charge in [0.2, 0.25) is 0 Å². The molecule has 5 heteroatoms. The molecule has 4 nitrogen and oxygen atoms in total. The van der Waals surface area contributed by atoms with Gasteiger partial charge in [0.25, 0.3) is 0 Å². The molecule has 0 amide bonds. The Hall–Kier alpha value is -1.22. The Morgan fingerprint density at radius 1 is 1.50 bits per heavy atom. The van der Waals surface area contributed by atoms with Gasteiger partial charge in [-0.05, 0) is 30.2 Å². The number of rotatable bonds is 3. The molecule has 1 atom stereocenters. The average molecular weight is 212 g/mol. The quantitative estimate of drug-likeness (QED) is 0.466. The highest BCUT2D eigenvalue weighted by Gasteiger charge is 2.21. The van der Waals surface area contributed by atoms with Gasteiger partial charge < -0.3 is 5.11 Å².